The normalized spacial score (nSPS) is 26.5. The molecule has 1 aliphatic carbocycles. The minimum Gasteiger partial charge on any atom is -0.481 e. The van der Waals surface area contributed by atoms with Crippen LogP contribution in [0.15, 0.2) is 30.5 Å². The average molecular weight is 340 g/mol. The first-order valence-electron chi connectivity index (χ1n) is 9.05. The molecule has 1 aromatic heterocycles. The highest BCUT2D eigenvalue weighted by molar-refractivity contribution is 5.76. The first-order valence-corrected chi connectivity index (χ1v) is 9.05. The van der Waals surface area contributed by atoms with Crippen molar-refractivity contribution < 1.29 is 9.90 Å². The maximum Gasteiger partial charge on any atom is 0.311 e. The molecular weight excluding hydrogens is 316 g/mol. The fourth-order valence-corrected chi connectivity index (χ4v) is 4.61. The van der Waals surface area contributed by atoms with Gasteiger partial charge in [-0.2, -0.15) is 0 Å². The molecule has 0 bridgehead atoms. The molecule has 2 heterocycles. The fourth-order valence-electron chi connectivity index (χ4n) is 4.61. The monoisotopic (exact) mass is 340 g/mol. The van der Waals surface area contributed by atoms with Crippen LogP contribution in [0.1, 0.15) is 43.4 Å². The van der Waals surface area contributed by atoms with Gasteiger partial charge in [0.2, 0.25) is 0 Å². The Morgan fingerprint density at radius 3 is 2.96 bits per heavy atom. The van der Waals surface area contributed by atoms with Crippen LogP contribution in [0.25, 0.3) is 5.69 Å². The molecule has 0 radical (unpaired) electrons. The Hall–Kier alpha value is -2.21. The van der Waals surface area contributed by atoms with Gasteiger partial charge in [-0.05, 0) is 37.8 Å². The molecule has 4 rings (SSSR count). The number of aryl methyl sites for hydroxylation is 1. The maximum atomic E-state index is 11.9. The van der Waals surface area contributed by atoms with Gasteiger partial charge in [0.15, 0.2) is 0 Å². The molecule has 1 saturated heterocycles. The maximum absolute atomic E-state index is 11.9. The summed E-state index contributed by atoms with van der Waals surface area (Å²) in [7, 11) is 0. The molecule has 0 amide bonds. The Bertz CT molecular complexity index is 787. The number of likely N-dealkylation sites (tertiary alicyclic amines) is 1. The lowest BCUT2D eigenvalue weighted by molar-refractivity contribution is -0.152. The van der Waals surface area contributed by atoms with Crippen LogP contribution < -0.4 is 0 Å². The van der Waals surface area contributed by atoms with E-state index in [1.165, 1.54) is 0 Å². The number of carboxylic acids is 1. The quantitative estimate of drug-likeness (QED) is 0.927. The summed E-state index contributed by atoms with van der Waals surface area (Å²) in [5, 5.41) is 18.4. The van der Waals surface area contributed by atoms with E-state index in [0.717, 1.165) is 55.6 Å². The predicted molar refractivity (Wildman–Crippen MR) is 93.4 cm³/mol. The third-order valence-electron chi connectivity index (χ3n) is 5.97. The van der Waals surface area contributed by atoms with Crippen LogP contribution in [0.3, 0.4) is 0 Å². The van der Waals surface area contributed by atoms with E-state index in [1.54, 1.807) is 0 Å². The number of para-hydroxylation sites is 1. The molecule has 1 aliphatic heterocycles. The van der Waals surface area contributed by atoms with Crippen LogP contribution in [0.5, 0.6) is 0 Å². The van der Waals surface area contributed by atoms with Crippen LogP contribution in [-0.2, 0) is 11.3 Å². The molecule has 1 N–H and O–H groups in total. The van der Waals surface area contributed by atoms with Crippen LogP contribution in [-0.4, -0.2) is 43.6 Å². The number of hydrogen-bond acceptors (Lipinski definition) is 4. The number of aliphatic carboxylic acids is 1. The molecule has 1 aromatic carbocycles. The average Bonchev–Trinajstić information content (AvgIpc) is 3.22. The molecule has 2 aromatic rings. The van der Waals surface area contributed by atoms with E-state index in [-0.39, 0.29) is 6.04 Å². The van der Waals surface area contributed by atoms with E-state index < -0.39 is 11.4 Å². The minimum atomic E-state index is -0.622. The standard InChI is InChI=1S/C19H24N4O2/c1-14-6-2-3-7-16(14)23-13-15(20-21-23)12-22-11-10-19(18(24)25)9-5-4-8-17(19)22/h2-3,6-7,13,17H,4-5,8-12H2,1H3,(H,24,25)/t17-,19+/m0/s1. The van der Waals surface area contributed by atoms with Gasteiger partial charge < -0.3 is 5.11 Å². The van der Waals surface area contributed by atoms with E-state index in [1.807, 2.05) is 29.1 Å². The Balaban J connectivity index is 1.54. The molecule has 2 aliphatic rings. The van der Waals surface area contributed by atoms with Crippen molar-refractivity contribution in [3.05, 3.63) is 41.7 Å². The smallest absolute Gasteiger partial charge is 0.311 e. The van der Waals surface area contributed by atoms with Crippen LogP contribution in [0.4, 0.5) is 0 Å². The van der Waals surface area contributed by atoms with Crippen LogP contribution >= 0.6 is 0 Å². The number of carboxylic acid groups (broad SMARTS) is 1. The van der Waals surface area contributed by atoms with Crippen molar-refractivity contribution >= 4 is 5.97 Å². The van der Waals surface area contributed by atoms with E-state index in [9.17, 15) is 9.90 Å². The van der Waals surface area contributed by atoms with Gasteiger partial charge in [-0.15, -0.1) is 5.10 Å². The number of hydrogen-bond donors (Lipinski definition) is 1. The molecular formula is C19H24N4O2. The van der Waals surface area contributed by atoms with Crippen molar-refractivity contribution in [1.29, 1.82) is 0 Å². The fraction of sp³-hybridized carbons (Fsp3) is 0.526. The summed E-state index contributed by atoms with van der Waals surface area (Å²) in [6.07, 6.45) is 6.63. The summed E-state index contributed by atoms with van der Waals surface area (Å²) in [4.78, 5) is 14.2. The van der Waals surface area contributed by atoms with Gasteiger partial charge in [0.1, 0.15) is 0 Å². The van der Waals surface area contributed by atoms with Gasteiger partial charge in [0.05, 0.1) is 23.0 Å². The summed E-state index contributed by atoms with van der Waals surface area (Å²) in [5.41, 5.74) is 2.53. The van der Waals surface area contributed by atoms with E-state index in [0.29, 0.717) is 6.54 Å². The van der Waals surface area contributed by atoms with Crippen molar-refractivity contribution in [2.45, 2.75) is 51.6 Å². The van der Waals surface area contributed by atoms with Crippen molar-refractivity contribution in [2.24, 2.45) is 5.41 Å². The van der Waals surface area contributed by atoms with Crippen molar-refractivity contribution in [3.8, 4) is 5.69 Å². The molecule has 6 nitrogen and oxygen atoms in total. The Morgan fingerprint density at radius 2 is 2.16 bits per heavy atom. The van der Waals surface area contributed by atoms with Gasteiger partial charge in [-0.25, -0.2) is 4.68 Å². The first kappa shape index (κ1) is 16.3. The Kier molecular flexibility index (Phi) is 4.07. The molecule has 1 saturated carbocycles. The zero-order valence-electron chi connectivity index (χ0n) is 14.6. The Labute approximate surface area is 147 Å². The number of nitrogens with zero attached hydrogens (tertiary/aromatic N) is 4. The minimum absolute atomic E-state index is 0.127. The molecule has 132 valence electrons. The number of fused-ring (bicyclic) bond motifs is 1. The summed E-state index contributed by atoms with van der Waals surface area (Å²) >= 11 is 0. The van der Waals surface area contributed by atoms with Gasteiger partial charge in [-0.3, -0.25) is 9.69 Å². The zero-order chi connectivity index (χ0) is 17.4. The summed E-state index contributed by atoms with van der Waals surface area (Å²) < 4.78 is 1.81. The van der Waals surface area contributed by atoms with E-state index in [4.69, 9.17) is 0 Å². The van der Waals surface area contributed by atoms with E-state index in [2.05, 4.69) is 28.2 Å². The van der Waals surface area contributed by atoms with Crippen LogP contribution in [0, 0.1) is 12.3 Å². The molecule has 25 heavy (non-hydrogen) atoms. The molecule has 2 atom stereocenters. The lowest BCUT2D eigenvalue weighted by atomic mass is 9.70. The molecule has 2 fully saturated rings. The molecule has 0 spiro atoms. The van der Waals surface area contributed by atoms with Gasteiger partial charge in [0, 0.05) is 19.1 Å². The first-order chi connectivity index (χ1) is 12.1. The number of benzene rings is 1. The van der Waals surface area contributed by atoms with Gasteiger partial charge in [0.25, 0.3) is 0 Å². The third-order valence-corrected chi connectivity index (χ3v) is 5.97. The lowest BCUT2D eigenvalue weighted by Gasteiger charge is -2.38. The predicted octanol–water partition coefficient (Wildman–Crippen LogP) is 2.80. The van der Waals surface area contributed by atoms with Crippen molar-refractivity contribution in [2.75, 3.05) is 6.54 Å². The lowest BCUT2D eigenvalue weighted by Crippen LogP contribution is -2.46. The number of carbonyl (C=O) groups is 1. The SMILES string of the molecule is Cc1ccccc1-n1cc(CN2CC[C@]3(C(=O)O)CCCC[C@H]23)nn1. The number of rotatable bonds is 4. The van der Waals surface area contributed by atoms with Crippen molar-refractivity contribution in [1.82, 2.24) is 19.9 Å². The second-order valence-corrected chi connectivity index (χ2v) is 7.38. The topological polar surface area (TPSA) is 71.2 Å². The highest BCUT2D eigenvalue weighted by atomic mass is 16.4. The van der Waals surface area contributed by atoms with Crippen molar-refractivity contribution in [3.63, 3.8) is 0 Å². The second-order valence-electron chi connectivity index (χ2n) is 7.38. The van der Waals surface area contributed by atoms with Crippen LogP contribution in [0.2, 0.25) is 0 Å². The zero-order valence-corrected chi connectivity index (χ0v) is 14.6. The molecule has 6 heteroatoms. The Morgan fingerprint density at radius 1 is 1.32 bits per heavy atom. The third kappa shape index (κ3) is 2.74. The number of aromatic nitrogens is 3. The highest BCUT2D eigenvalue weighted by Crippen LogP contribution is 2.47. The van der Waals surface area contributed by atoms with Gasteiger partial charge >= 0.3 is 5.97 Å². The summed E-state index contributed by atoms with van der Waals surface area (Å²) in [6, 6.07) is 8.21. The summed E-state index contributed by atoms with van der Waals surface area (Å²) in [5.74, 6) is -0.622. The van der Waals surface area contributed by atoms with Gasteiger partial charge in [-0.1, -0.05) is 36.3 Å². The van der Waals surface area contributed by atoms with E-state index >= 15 is 0 Å². The second kappa shape index (κ2) is 6.26. The highest BCUT2D eigenvalue weighted by Gasteiger charge is 2.53. The largest absolute Gasteiger partial charge is 0.481 e. The summed E-state index contributed by atoms with van der Waals surface area (Å²) in [6.45, 7) is 3.56. The molecule has 0 unspecified atom stereocenters.